The Morgan fingerprint density at radius 3 is 2.64 bits per heavy atom. The number of nitrogens with two attached hydrogens (primary N) is 1. The van der Waals surface area contributed by atoms with Crippen molar-refractivity contribution >= 4 is 16.7 Å². The summed E-state index contributed by atoms with van der Waals surface area (Å²) in [4.78, 5) is 11.0. The van der Waals surface area contributed by atoms with Gasteiger partial charge in [0.15, 0.2) is 0 Å². The average Bonchev–Trinajstić information content (AvgIpc) is 2.52. The van der Waals surface area contributed by atoms with Crippen molar-refractivity contribution in [3.8, 4) is 0 Å². The van der Waals surface area contributed by atoms with Crippen LogP contribution in [0.25, 0.3) is 10.9 Å². The van der Waals surface area contributed by atoms with Crippen LogP contribution in [-0.2, 0) is 6.54 Å². The highest BCUT2D eigenvalue weighted by Gasteiger charge is 2.57. The van der Waals surface area contributed by atoms with Crippen LogP contribution in [0.5, 0.6) is 0 Å². The lowest BCUT2D eigenvalue weighted by atomic mass is 9.58. The number of hydrogen-bond acceptors (Lipinski definition) is 4. The zero-order valence-electron chi connectivity index (χ0n) is 13.9. The Morgan fingerprint density at radius 1 is 1.20 bits per heavy atom. The van der Waals surface area contributed by atoms with Gasteiger partial charge in [-0.3, -0.25) is 4.90 Å². The molecule has 2 aromatic rings. The second-order valence-electron chi connectivity index (χ2n) is 7.35. The van der Waals surface area contributed by atoms with Gasteiger partial charge in [-0.2, -0.15) is 13.2 Å². The molecule has 2 aliphatic rings. The van der Waals surface area contributed by atoms with Crippen molar-refractivity contribution in [3.05, 3.63) is 30.1 Å². The summed E-state index contributed by atoms with van der Waals surface area (Å²) in [6.45, 7) is 1.33. The Kier molecular flexibility index (Phi) is 3.86. The number of rotatable bonds is 2. The van der Waals surface area contributed by atoms with E-state index in [1.54, 1.807) is 0 Å². The van der Waals surface area contributed by atoms with Gasteiger partial charge in [0.2, 0.25) is 0 Å². The predicted octanol–water partition coefficient (Wildman–Crippen LogP) is 3.77. The van der Waals surface area contributed by atoms with Gasteiger partial charge >= 0.3 is 6.18 Å². The number of nitrogen functional groups attached to an aromatic ring is 1. The number of halogens is 3. The molecule has 1 saturated carbocycles. The molecule has 1 aromatic heterocycles. The maximum Gasteiger partial charge on any atom is 0.392 e. The fourth-order valence-corrected chi connectivity index (χ4v) is 4.46. The Labute approximate surface area is 144 Å². The van der Waals surface area contributed by atoms with Crippen LogP contribution < -0.4 is 5.73 Å². The molecular formula is C18H21F3N4. The zero-order valence-corrected chi connectivity index (χ0v) is 13.9. The summed E-state index contributed by atoms with van der Waals surface area (Å²) < 4.78 is 40.1. The molecule has 2 N–H and O–H groups in total. The number of anilines is 1. The number of piperidine rings is 1. The van der Waals surface area contributed by atoms with Crippen LogP contribution in [0, 0.1) is 11.3 Å². The van der Waals surface area contributed by atoms with Gasteiger partial charge in [-0.1, -0.05) is 18.6 Å². The average molecular weight is 350 g/mol. The van der Waals surface area contributed by atoms with Crippen LogP contribution in [-0.4, -0.2) is 34.1 Å². The Morgan fingerprint density at radius 2 is 1.96 bits per heavy atom. The molecule has 0 radical (unpaired) electrons. The normalized spacial score (nSPS) is 23.7. The molecular weight excluding hydrogens is 329 g/mol. The lowest BCUT2D eigenvalue weighted by Gasteiger charge is -2.54. The van der Waals surface area contributed by atoms with E-state index in [9.17, 15) is 13.2 Å². The van der Waals surface area contributed by atoms with E-state index in [0.29, 0.717) is 44.1 Å². The number of fused-ring (bicyclic) bond motifs is 1. The third kappa shape index (κ3) is 2.94. The quantitative estimate of drug-likeness (QED) is 0.896. The lowest BCUT2D eigenvalue weighted by Crippen LogP contribution is -2.56. The first kappa shape index (κ1) is 16.6. The molecule has 2 heterocycles. The highest BCUT2D eigenvalue weighted by atomic mass is 19.4. The summed E-state index contributed by atoms with van der Waals surface area (Å²) >= 11 is 0. The summed E-state index contributed by atoms with van der Waals surface area (Å²) in [7, 11) is 0. The molecule has 0 bridgehead atoms. The molecule has 1 aromatic carbocycles. The van der Waals surface area contributed by atoms with E-state index in [2.05, 4.69) is 14.9 Å². The van der Waals surface area contributed by atoms with Gasteiger partial charge in [0, 0.05) is 11.9 Å². The fraction of sp³-hybridized carbons (Fsp3) is 0.556. The van der Waals surface area contributed by atoms with Crippen molar-refractivity contribution in [1.29, 1.82) is 0 Å². The van der Waals surface area contributed by atoms with Crippen LogP contribution in [0.15, 0.2) is 24.3 Å². The van der Waals surface area contributed by atoms with E-state index in [-0.39, 0.29) is 6.42 Å². The molecule has 1 spiro atoms. The highest BCUT2D eigenvalue weighted by molar-refractivity contribution is 5.87. The second kappa shape index (κ2) is 5.83. The first-order valence-electron chi connectivity index (χ1n) is 8.68. The topological polar surface area (TPSA) is 55.0 Å². The Hall–Kier alpha value is -1.89. The van der Waals surface area contributed by atoms with Crippen LogP contribution in [0.1, 0.15) is 31.5 Å². The number of alkyl halides is 3. The molecule has 4 rings (SSSR count). The third-order valence-electron chi connectivity index (χ3n) is 5.80. The van der Waals surface area contributed by atoms with Crippen LogP contribution in [0.3, 0.4) is 0 Å². The third-order valence-corrected chi connectivity index (χ3v) is 5.80. The molecule has 1 unspecified atom stereocenters. The summed E-state index contributed by atoms with van der Waals surface area (Å²) in [5, 5.41) is 0.803. The summed E-state index contributed by atoms with van der Waals surface area (Å²) in [6.07, 6.45) is -1.73. The van der Waals surface area contributed by atoms with Crippen LogP contribution >= 0.6 is 0 Å². The maximum absolute atomic E-state index is 13.4. The molecule has 134 valence electrons. The van der Waals surface area contributed by atoms with Gasteiger partial charge in [0.1, 0.15) is 11.6 Å². The first-order valence-corrected chi connectivity index (χ1v) is 8.68. The number of benzene rings is 1. The molecule has 2 fully saturated rings. The molecule has 1 atom stereocenters. The van der Waals surface area contributed by atoms with E-state index in [0.717, 1.165) is 17.3 Å². The second-order valence-corrected chi connectivity index (χ2v) is 7.35. The van der Waals surface area contributed by atoms with E-state index in [1.807, 2.05) is 24.3 Å². The molecule has 1 aliphatic heterocycles. The molecule has 4 nitrogen and oxygen atoms in total. The van der Waals surface area contributed by atoms with Crippen molar-refractivity contribution in [2.45, 2.75) is 38.4 Å². The van der Waals surface area contributed by atoms with Crippen molar-refractivity contribution in [2.75, 3.05) is 18.8 Å². The minimum absolute atomic E-state index is 0.159. The molecule has 0 amide bonds. The van der Waals surface area contributed by atoms with Gasteiger partial charge in [0.25, 0.3) is 0 Å². The largest absolute Gasteiger partial charge is 0.392 e. The SMILES string of the molecule is Nc1nc(CN2CCC(C(F)(F)F)C3(CCC3)C2)nc2ccccc12. The van der Waals surface area contributed by atoms with Crippen molar-refractivity contribution in [2.24, 2.45) is 11.3 Å². The number of likely N-dealkylation sites (tertiary alicyclic amines) is 1. The van der Waals surface area contributed by atoms with Gasteiger partial charge in [0.05, 0.1) is 18.0 Å². The summed E-state index contributed by atoms with van der Waals surface area (Å²) in [5.41, 5.74) is 6.17. The van der Waals surface area contributed by atoms with Gasteiger partial charge in [-0.25, -0.2) is 9.97 Å². The van der Waals surface area contributed by atoms with E-state index >= 15 is 0 Å². The van der Waals surface area contributed by atoms with Crippen LogP contribution in [0.2, 0.25) is 0 Å². The smallest absolute Gasteiger partial charge is 0.383 e. The molecule has 25 heavy (non-hydrogen) atoms. The number of para-hydroxylation sites is 1. The minimum atomic E-state index is -4.10. The van der Waals surface area contributed by atoms with Crippen molar-refractivity contribution in [1.82, 2.24) is 14.9 Å². The zero-order chi connectivity index (χ0) is 17.7. The Balaban J connectivity index is 1.54. The van der Waals surface area contributed by atoms with Crippen LogP contribution in [0.4, 0.5) is 19.0 Å². The first-order chi connectivity index (χ1) is 11.9. The summed E-state index contributed by atoms with van der Waals surface area (Å²) in [6, 6.07) is 7.51. The van der Waals surface area contributed by atoms with Gasteiger partial charge in [-0.05, 0) is 43.4 Å². The molecule has 7 heteroatoms. The predicted molar refractivity (Wildman–Crippen MR) is 89.7 cm³/mol. The standard InChI is InChI=1S/C18H21F3N4/c19-18(20,21)14-6-9-25(11-17(14)7-3-8-17)10-15-23-13-5-2-1-4-12(13)16(22)24-15/h1-2,4-5,14H,3,6-11H2,(H2,22,23,24). The van der Waals surface area contributed by atoms with E-state index < -0.39 is 17.5 Å². The molecule has 1 saturated heterocycles. The number of hydrogen-bond donors (Lipinski definition) is 1. The van der Waals surface area contributed by atoms with E-state index in [1.165, 1.54) is 0 Å². The summed E-state index contributed by atoms with van der Waals surface area (Å²) in [5.74, 6) is -0.173. The minimum Gasteiger partial charge on any atom is -0.383 e. The fourth-order valence-electron chi connectivity index (χ4n) is 4.46. The van der Waals surface area contributed by atoms with E-state index in [4.69, 9.17) is 5.73 Å². The maximum atomic E-state index is 13.4. The number of nitrogens with zero attached hydrogens (tertiary/aromatic N) is 3. The molecule has 1 aliphatic carbocycles. The highest BCUT2D eigenvalue weighted by Crippen LogP contribution is 2.56. The van der Waals surface area contributed by atoms with Crippen molar-refractivity contribution < 1.29 is 13.2 Å². The number of aromatic nitrogens is 2. The Bertz CT molecular complexity index is 785. The van der Waals surface area contributed by atoms with Gasteiger partial charge < -0.3 is 5.73 Å². The van der Waals surface area contributed by atoms with Crippen molar-refractivity contribution in [3.63, 3.8) is 0 Å². The monoisotopic (exact) mass is 350 g/mol. The lowest BCUT2D eigenvalue weighted by molar-refractivity contribution is -0.238. The van der Waals surface area contributed by atoms with Gasteiger partial charge in [-0.15, -0.1) is 0 Å².